The molecule has 3 aromatic rings. The van der Waals surface area contributed by atoms with Gasteiger partial charge in [-0.2, -0.15) is 4.39 Å². The molecule has 26 heavy (non-hydrogen) atoms. The second-order valence-corrected chi connectivity index (χ2v) is 6.39. The average Bonchev–Trinajstić information content (AvgIpc) is 2.64. The van der Waals surface area contributed by atoms with Crippen LogP contribution in [0.3, 0.4) is 0 Å². The molecule has 4 rings (SSSR count). The van der Waals surface area contributed by atoms with E-state index in [1.54, 1.807) is 18.3 Å². The van der Waals surface area contributed by atoms with Gasteiger partial charge in [-0.15, -0.1) is 0 Å². The number of amides is 1. The number of carbonyl (C=O) groups is 1. The number of halogens is 1. The summed E-state index contributed by atoms with van der Waals surface area (Å²) in [5.74, 6) is -0.254. The van der Waals surface area contributed by atoms with Gasteiger partial charge >= 0.3 is 0 Å². The summed E-state index contributed by atoms with van der Waals surface area (Å²) in [4.78, 5) is 19.9. The summed E-state index contributed by atoms with van der Waals surface area (Å²) in [6, 6.07) is 9.13. The maximum absolute atomic E-state index is 14.1. The van der Waals surface area contributed by atoms with Gasteiger partial charge in [0.05, 0.1) is 0 Å². The minimum absolute atomic E-state index is 0.0643. The molecule has 0 radical (unpaired) electrons. The fourth-order valence-electron chi connectivity index (χ4n) is 3.20. The Balaban J connectivity index is 1.83. The Morgan fingerprint density at radius 2 is 1.88 bits per heavy atom. The Hall–Kier alpha value is -3.28. The van der Waals surface area contributed by atoms with E-state index in [-0.39, 0.29) is 5.91 Å². The number of nitrogens with zero attached hydrogens (tertiary/aromatic N) is 2. The van der Waals surface area contributed by atoms with Gasteiger partial charge in [-0.05, 0) is 48.2 Å². The van der Waals surface area contributed by atoms with Gasteiger partial charge in [0, 0.05) is 41.2 Å². The first-order valence-electron chi connectivity index (χ1n) is 8.32. The third-order valence-electron chi connectivity index (χ3n) is 4.55. The number of rotatable bonds is 2. The molecule has 3 heterocycles. The Morgan fingerprint density at radius 1 is 1.04 bits per heavy atom. The molecule has 0 atom stereocenters. The minimum atomic E-state index is -0.546. The highest BCUT2D eigenvalue weighted by Gasteiger charge is 2.18. The van der Waals surface area contributed by atoms with Gasteiger partial charge in [-0.25, -0.2) is 9.97 Å². The van der Waals surface area contributed by atoms with E-state index in [2.05, 4.69) is 15.3 Å². The number of nitrogens with two attached hydrogens (primary N) is 1. The topological polar surface area (TPSA) is 80.9 Å². The van der Waals surface area contributed by atoms with E-state index in [1.165, 1.54) is 6.20 Å². The predicted molar refractivity (Wildman–Crippen MR) is 98.0 cm³/mol. The van der Waals surface area contributed by atoms with Crippen molar-refractivity contribution in [2.75, 3.05) is 12.3 Å². The van der Waals surface area contributed by atoms with Crippen LogP contribution < -0.4 is 11.1 Å². The van der Waals surface area contributed by atoms with Gasteiger partial charge in [0.1, 0.15) is 5.82 Å². The number of pyridine rings is 2. The van der Waals surface area contributed by atoms with Crippen molar-refractivity contribution in [2.45, 2.75) is 13.3 Å². The van der Waals surface area contributed by atoms with Crippen LogP contribution in [0.25, 0.3) is 22.3 Å². The summed E-state index contributed by atoms with van der Waals surface area (Å²) in [6.07, 6.45) is 3.79. The van der Waals surface area contributed by atoms with E-state index in [9.17, 15) is 9.18 Å². The molecule has 0 bridgehead atoms. The number of hydrogen-bond donors (Lipinski definition) is 2. The molecule has 0 aliphatic carbocycles. The third-order valence-corrected chi connectivity index (χ3v) is 4.55. The van der Waals surface area contributed by atoms with Crippen molar-refractivity contribution in [3.63, 3.8) is 0 Å². The van der Waals surface area contributed by atoms with Crippen molar-refractivity contribution in [1.82, 2.24) is 15.3 Å². The van der Waals surface area contributed by atoms with Crippen LogP contribution in [0.15, 0.2) is 42.7 Å². The zero-order valence-electron chi connectivity index (χ0n) is 14.2. The van der Waals surface area contributed by atoms with Gasteiger partial charge < -0.3 is 11.1 Å². The lowest BCUT2D eigenvalue weighted by atomic mass is 9.94. The number of carbonyl (C=O) groups excluding carboxylic acids is 1. The summed E-state index contributed by atoms with van der Waals surface area (Å²) < 4.78 is 14.1. The molecule has 3 N–H and O–H groups in total. The fraction of sp³-hybridized carbons (Fsp3) is 0.150. The van der Waals surface area contributed by atoms with Gasteiger partial charge in [0.15, 0.2) is 0 Å². The minimum Gasteiger partial charge on any atom is -0.383 e. The molecular formula is C20H17FN4O. The molecule has 0 unspecified atom stereocenters. The lowest BCUT2D eigenvalue weighted by molar-refractivity contribution is 0.0946. The summed E-state index contributed by atoms with van der Waals surface area (Å²) in [5.41, 5.74) is 11.1. The Morgan fingerprint density at radius 3 is 2.73 bits per heavy atom. The van der Waals surface area contributed by atoms with Gasteiger partial charge in [-0.3, -0.25) is 4.79 Å². The van der Waals surface area contributed by atoms with Gasteiger partial charge in [0.25, 0.3) is 5.91 Å². The first-order chi connectivity index (χ1) is 12.5. The molecule has 1 aliphatic heterocycles. The SMILES string of the molecule is Cc1cnc(F)c(-c2cnc(N)c(-c3ccc4c(c3)CCNC4=O)c2)c1. The highest BCUT2D eigenvalue weighted by molar-refractivity contribution is 5.97. The van der Waals surface area contributed by atoms with Crippen molar-refractivity contribution in [3.05, 3.63) is 65.4 Å². The van der Waals surface area contributed by atoms with Gasteiger partial charge in [-0.1, -0.05) is 12.1 Å². The Labute approximate surface area is 150 Å². The number of nitrogen functional groups attached to an aromatic ring is 1. The number of aromatic nitrogens is 2. The molecule has 0 fully saturated rings. The van der Waals surface area contributed by atoms with Crippen LogP contribution in [0.4, 0.5) is 10.2 Å². The molecule has 1 aromatic carbocycles. The summed E-state index contributed by atoms with van der Waals surface area (Å²) in [7, 11) is 0. The summed E-state index contributed by atoms with van der Waals surface area (Å²) in [5, 5.41) is 2.83. The highest BCUT2D eigenvalue weighted by atomic mass is 19.1. The molecule has 5 nitrogen and oxygen atoms in total. The molecule has 0 saturated carbocycles. The van der Waals surface area contributed by atoms with Crippen LogP contribution >= 0.6 is 0 Å². The number of nitrogens with one attached hydrogen (secondary N) is 1. The van der Waals surface area contributed by atoms with E-state index < -0.39 is 5.95 Å². The highest BCUT2D eigenvalue weighted by Crippen LogP contribution is 2.32. The maximum Gasteiger partial charge on any atom is 0.251 e. The lowest BCUT2D eigenvalue weighted by Crippen LogP contribution is -2.31. The molecule has 130 valence electrons. The van der Waals surface area contributed by atoms with E-state index in [0.717, 1.165) is 23.1 Å². The van der Waals surface area contributed by atoms with Crippen LogP contribution in [-0.2, 0) is 6.42 Å². The van der Waals surface area contributed by atoms with E-state index in [1.807, 2.05) is 25.1 Å². The standard InChI is InChI=1S/C20H17FN4O/c1-11-6-16(18(21)24-9-11)14-8-17(19(22)25-10-14)12-2-3-15-13(7-12)4-5-23-20(15)26/h2-3,6-10H,4-5H2,1H3,(H2,22,25)(H,23,26). The number of benzene rings is 1. The van der Waals surface area contributed by atoms with E-state index in [0.29, 0.717) is 34.6 Å². The second-order valence-electron chi connectivity index (χ2n) is 6.39. The Kier molecular flexibility index (Phi) is 3.88. The zero-order valence-corrected chi connectivity index (χ0v) is 14.2. The van der Waals surface area contributed by atoms with Crippen LogP contribution in [0.5, 0.6) is 0 Å². The van der Waals surface area contributed by atoms with Crippen molar-refractivity contribution in [2.24, 2.45) is 0 Å². The monoisotopic (exact) mass is 348 g/mol. The first-order valence-corrected chi connectivity index (χ1v) is 8.32. The van der Waals surface area contributed by atoms with Crippen molar-refractivity contribution >= 4 is 11.7 Å². The maximum atomic E-state index is 14.1. The first kappa shape index (κ1) is 16.2. The summed E-state index contributed by atoms with van der Waals surface area (Å²) in [6.45, 7) is 2.47. The molecular weight excluding hydrogens is 331 g/mol. The van der Waals surface area contributed by atoms with Crippen molar-refractivity contribution in [3.8, 4) is 22.3 Å². The number of fused-ring (bicyclic) bond motifs is 1. The Bertz CT molecular complexity index is 1030. The van der Waals surface area contributed by atoms with Crippen LogP contribution in [0, 0.1) is 12.9 Å². The molecule has 0 saturated heterocycles. The second kappa shape index (κ2) is 6.22. The van der Waals surface area contributed by atoms with Crippen LogP contribution in [0.2, 0.25) is 0 Å². The number of aryl methyl sites for hydroxylation is 1. The molecule has 2 aromatic heterocycles. The zero-order chi connectivity index (χ0) is 18.3. The van der Waals surface area contributed by atoms with Gasteiger partial charge in [0.2, 0.25) is 5.95 Å². The summed E-state index contributed by atoms with van der Waals surface area (Å²) >= 11 is 0. The van der Waals surface area contributed by atoms with Crippen molar-refractivity contribution < 1.29 is 9.18 Å². The molecule has 1 aliphatic rings. The quantitative estimate of drug-likeness (QED) is 0.697. The van der Waals surface area contributed by atoms with Crippen LogP contribution in [0.1, 0.15) is 21.5 Å². The fourth-order valence-corrected chi connectivity index (χ4v) is 3.20. The van der Waals surface area contributed by atoms with Crippen molar-refractivity contribution in [1.29, 1.82) is 0 Å². The smallest absolute Gasteiger partial charge is 0.251 e. The lowest BCUT2D eigenvalue weighted by Gasteiger charge is -2.18. The average molecular weight is 348 g/mol. The van der Waals surface area contributed by atoms with E-state index >= 15 is 0 Å². The molecule has 6 heteroatoms. The number of hydrogen-bond acceptors (Lipinski definition) is 4. The third kappa shape index (κ3) is 2.79. The molecule has 0 spiro atoms. The van der Waals surface area contributed by atoms with Crippen LogP contribution in [-0.4, -0.2) is 22.4 Å². The largest absolute Gasteiger partial charge is 0.383 e. The normalized spacial score (nSPS) is 13.2. The molecule has 1 amide bonds. The van der Waals surface area contributed by atoms with E-state index in [4.69, 9.17) is 5.73 Å². The predicted octanol–water partition coefficient (Wildman–Crippen LogP) is 3.13. The number of anilines is 1.